The van der Waals surface area contributed by atoms with E-state index < -0.39 is 11.7 Å². The van der Waals surface area contributed by atoms with Crippen LogP contribution >= 0.6 is 0 Å². The molecule has 134 valence electrons. The van der Waals surface area contributed by atoms with Gasteiger partial charge in [0.1, 0.15) is 11.3 Å². The van der Waals surface area contributed by atoms with E-state index in [0.717, 1.165) is 5.56 Å². The van der Waals surface area contributed by atoms with Crippen LogP contribution in [0.3, 0.4) is 0 Å². The van der Waals surface area contributed by atoms with Crippen LogP contribution < -0.4 is 10.9 Å². The molecule has 6 nitrogen and oxygen atoms in total. The SMILES string of the molecule is Cc1c(CC(=O)N[C@@H](CO)c2ccccc2)c(=O)oc2cc(O)ccc12. The Morgan fingerprint density at radius 3 is 2.62 bits per heavy atom. The van der Waals surface area contributed by atoms with E-state index in [1.165, 1.54) is 12.1 Å². The van der Waals surface area contributed by atoms with Crippen molar-refractivity contribution < 1.29 is 19.4 Å². The first-order valence-corrected chi connectivity index (χ1v) is 8.20. The molecule has 0 aliphatic rings. The molecule has 6 heteroatoms. The Labute approximate surface area is 149 Å². The summed E-state index contributed by atoms with van der Waals surface area (Å²) in [6.45, 7) is 1.49. The average molecular weight is 353 g/mol. The molecule has 0 radical (unpaired) electrons. The third-order valence-electron chi connectivity index (χ3n) is 4.33. The van der Waals surface area contributed by atoms with Gasteiger partial charge in [-0.1, -0.05) is 30.3 Å². The molecule has 0 saturated heterocycles. The number of amides is 1. The van der Waals surface area contributed by atoms with Crippen LogP contribution in [0.4, 0.5) is 0 Å². The number of fused-ring (bicyclic) bond motifs is 1. The highest BCUT2D eigenvalue weighted by atomic mass is 16.4. The second kappa shape index (κ2) is 7.41. The zero-order valence-corrected chi connectivity index (χ0v) is 14.2. The van der Waals surface area contributed by atoms with E-state index in [1.807, 2.05) is 30.3 Å². The second-order valence-corrected chi connectivity index (χ2v) is 6.06. The first kappa shape index (κ1) is 17.7. The number of aromatic hydroxyl groups is 1. The van der Waals surface area contributed by atoms with Crippen LogP contribution in [0.1, 0.15) is 22.7 Å². The number of phenols is 1. The molecule has 0 fully saturated rings. The Hall–Kier alpha value is -3.12. The molecule has 0 bridgehead atoms. The predicted molar refractivity (Wildman–Crippen MR) is 97.0 cm³/mol. The van der Waals surface area contributed by atoms with Gasteiger partial charge in [-0.15, -0.1) is 0 Å². The second-order valence-electron chi connectivity index (χ2n) is 6.06. The minimum atomic E-state index is -0.615. The number of carbonyl (C=O) groups excluding carboxylic acids is 1. The van der Waals surface area contributed by atoms with Crippen molar-refractivity contribution >= 4 is 16.9 Å². The van der Waals surface area contributed by atoms with Gasteiger partial charge < -0.3 is 19.9 Å². The Morgan fingerprint density at radius 2 is 1.92 bits per heavy atom. The fourth-order valence-corrected chi connectivity index (χ4v) is 2.91. The standard InChI is InChI=1S/C20H19NO5/c1-12-15-8-7-14(23)9-18(15)26-20(25)16(12)10-19(24)21-17(11-22)13-5-3-2-4-6-13/h2-9,17,22-23H,10-11H2,1H3,(H,21,24)/t17-/m0/s1. The molecular weight excluding hydrogens is 334 g/mol. The van der Waals surface area contributed by atoms with Crippen LogP contribution in [0.25, 0.3) is 11.0 Å². The van der Waals surface area contributed by atoms with Gasteiger partial charge in [0, 0.05) is 11.5 Å². The van der Waals surface area contributed by atoms with Gasteiger partial charge in [-0.05, 0) is 30.2 Å². The van der Waals surface area contributed by atoms with Crippen molar-refractivity contribution in [1.82, 2.24) is 5.32 Å². The van der Waals surface area contributed by atoms with Gasteiger partial charge in [-0.2, -0.15) is 0 Å². The third-order valence-corrected chi connectivity index (χ3v) is 4.33. The van der Waals surface area contributed by atoms with Crippen LogP contribution in [0.15, 0.2) is 57.7 Å². The van der Waals surface area contributed by atoms with E-state index in [2.05, 4.69) is 5.32 Å². The summed E-state index contributed by atoms with van der Waals surface area (Å²) >= 11 is 0. The lowest BCUT2D eigenvalue weighted by atomic mass is 10.0. The lowest BCUT2D eigenvalue weighted by Crippen LogP contribution is -2.33. The smallest absolute Gasteiger partial charge is 0.340 e. The number of aliphatic hydroxyl groups excluding tert-OH is 1. The minimum Gasteiger partial charge on any atom is -0.508 e. The monoisotopic (exact) mass is 353 g/mol. The number of aryl methyl sites for hydroxylation is 1. The number of hydrogen-bond donors (Lipinski definition) is 3. The molecule has 26 heavy (non-hydrogen) atoms. The summed E-state index contributed by atoms with van der Waals surface area (Å²) in [6.07, 6.45) is -0.158. The summed E-state index contributed by atoms with van der Waals surface area (Å²) in [5.41, 5.74) is 1.32. The molecule has 2 aromatic carbocycles. The van der Waals surface area contributed by atoms with Crippen LogP contribution in [-0.2, 0) is 11.2 Å². The Morgan fingerprint density at radius 1 is 1.19 bits per heavy atom. The number of carbonyl (C=O) groups is 1. The Bertz CT molecular complexity index is 994. The summed E-state index contributed by atoms with van der Waals surface area (Å²) in [5, 5.41) is 22.5. The molecule has 0 saturated carbocycles. The zero-order chi connectivity index (χ0) is 18.7. The van der Waals surface area contributed by atoms with Crippen molar-refractivity contribution in [2.24, 2.45) is 0 Å². The molecule has 3 aromatic rings. The lowest BCUT2D eigenvalue weighted by molar-refractivity contribution is -0.121. The van der Waals surface area contributed by atoms with Crippen molar-refractivity contribution in [2.45, 2.75) is 19.4 Å². The van der Waals surface area contributed by atoms with Crippen LogP contribution in [0, 0.1) is 6.92 Å². The fraction of sp³-hybridized carbons (Fsp3) is 0.200. The molecule has 1 heterocycles. The minimum absolute atomic E-state index is 0.000748. The van der Waals surface area contributed by atoms with E-state index in [9.17, 15) is 19.8 Å². The third kappa shape index (κ3) is 3.60. The van der Waals surface area contributed by atoms with E-state index in [0.29, 0.717) is 10.9 Å². The zero-order valence-electron chi connectivity index (χ0n) is 14.2. The molecular formula is C20H19NO5. The van der Waals surface area contributed by atoms with Crippen molar-refractivity contribution in [3.05, 3.63) is 75.6 Å². The van der Waals surface area contributed by atoms with Gasteiger partial charge in [0.2, 0.25) is 5.91 Å². The largest absolute Gasteiger partial charge is 0.508 e. The normalized spacial score (nSPS) is 12.1. The summed E-state index contributed by atoms with van der Waals surface area (Å²) < 4.78 is 5.23. The number of phenolic OH excluding ortho intramolecular Hbond substituents is 1. The maximum Gasteiger partial charge on any atom is 0.340 e. The number of nitrogens with one attached hydrogen (secondary N) is 1. The maximum atomic E-state index is 12.4. The van der Waals surface area contributed by atoms with Crippen LogP contribution in [-0.4, -0.2) is 22.7 Å². The predicted octanol–water partition coefficient (Wildman–Crippen LogP) is 2.20. The van der Waals surface area contributed by atoms with Crippen LogP contribution in [0.2, 0.25) is 0 Å². The van der Waals surface area contributed by atoms with E-state index >= 15 is 0 Å². The van der Waals surface area contributed by atoms with Crippen molar-refractivity contribution in [2.75, 3.05) is 6.61 Å². The van der Waals surface area contributed by atoms with Gasteiger partial charge >= 0.3 is 5.63 Å². The lowest BCUT2D eigenvalue weighted by Gasteiger charge is -2.17. The molecule has 0 aliphatic carbocycles. The molecule has 1 atom stereocenters. The molecule has 1 amide bonds. The number of hydrogen-bond acceptors (Lipinski definition) is 5. The molecule has 3 N–H and O–H groups in total. The highest BCUT2D eigenvalue weighted by Crippen LogP contribution is 2.23. The van der Waals surface area contributed by atoms with Crippen molar-refractivity contribution in [1.29, 1.82) is 0 Å². The van der Waals surface area contributed by atoms with Crippen molar-refractivity contribution in [3.8, 4) is 5.75 Å². The summed E-state index contributed by atoms with van der Waals surface area (Å²) in [5.74, 6) is -0.388. The number of rotatable bonds is 5. The fourth-order valence-electron chi connectivity index (χ4n) is 2.91. The van der Waals surface area contributed by atoms with Gasteiger partial charge in [0.05, 0.1) is 24.6 Å². The summed E-state index contributed by atoms with van der Waals surface area (Å²) in [6, 6.07) is 13.1. The molecule has 1 aromatic heterocycles. The number of benzene rings is 2. The molecule has 0 aliphatic heterocycles. The Balaban J connectivity index is 1.85. The average Bonchev–Trinajstić information content (AvgIpc) is 2.63. The van der Waals surface area contributed by atoms with Gasteiger partial charge in [0.15, 0.2) is 0 Å². The number of aliphatic hydroxyl groups is 1. The Kier molecular flexibility index (Phi) is 5.04. The molecule has 0 spiro atoms. The first-order chi connectivity index (χ1) is 12.5. The summed E-state index contributed by atoms with van der Waals surface area (Å²) in [4.78, 5) is 24.7. The van der Waals surface area contributed by atoms with Gasteiger partial charge in [0.25, 0.3) is 0 Å². The quantitative estimate of drug-likeness (QED) is 0.611. The molecule has 3 rings (SSSR count). The first-order valence-electron chi connectivity index (χ1n) is 8.20. The highest BCUT2D eigenvalue weighted by Gasteiger charge is 2.18. The summed E-state index contributed by atoms with van der Waals surface area (Å²) in [7, 11) is 0. The maximum absolute atomic E-state index is 12.4. The van der Waals surface area contributed by atoms with E-state index in [4.69, 9.17) is 4.42 Å². The van der Waals surface area contributed by atoms with E-state index in [1.54, 1.807) is 13.0 Å². The topological polar surface area (TPSA) is 99.8 Å². The van der Waals surface area contributed by atoms with E-state index in [-0.39, 0.29) is 35.8 Å². The van der Waals surface area contributed by atoms with Crippen molar-refractivity contribution in [3.63, 3.8) is 0 Å². The van der Waals surface area contributed by atoms with Crippen LogP contribution in [0.5, 0.6) is 5.75 Å². The van der Waals surface area contributed by atoms with Gasteiger partial charge in [-0.25, -0.2) is 4.79 Å². The van der Waals surface area contributed by atoms with Gasteiger partial charge in [-0.3, -0.25) is 4.79 Å². The molecule has 0 unspecified atom stereocenters. The highest BCUT2D eigenvalue weighted by molar-refractivity contribution is 5.85.